The van der Waals surface area contributed by atoms with Crippen LogP contribution in [0.3, 0.4) is 0 Å². The maximum absolute atomic E-state index is 10.8. The molecule has 1 unspecified atom stereocenters. The number of halogens is 1. The highest BCUT2D eigenvalue weighted by molar-refractivity contribution is 9.10. The number of carbonyl (C=O) groups is 2. The maximum atomic E-state index is 10.8. The van der Waals surface area contributed by atoms with Crippen molar-refractivity contribution in [1.29, 1.82) is 0 Å². The molecule has 0 heterocycles. The van der Waals surface area contributed by atoms with Crippen LogP contribution in [0.25, 0.3) is 0 Å². The van der Waals surface area contributed by atoms with Crippen molar-refractivity contribution in [3.05, 3.63) is 34.3 Å². The lowest BCUT2D eigenvalue weighted by Gasteiger charge is -2.12. The molecule has 3 N–H and O–H groups in total. The first-order chi connectivity index (χ1) is 8.49. The Hall–Kier alpha value is -1.40. The lowest BCUT2D eigenvalue weighted by Crippen LogP contribution is -2.39. The Balaban J connectivity index is 2.43. The Labute approximate surface area is 113 Å². The predicted molar refractivity (Wildman–Crippen MR) is 69.5 cm³/mol. The van der Waals surface area contributed by atoms with Crippen LogP contribution in [0.1, 0.15) is 12.0 Å². The third-order valence-electron chi connectivity index (χ3n) is 2.37. The molecule has 0 saturated heterocycles. The van der Waals surface area contributed by atoms with E-state index in [1.54, 1.807) is 0 Å². The number of hydrogen-bond donors (Lipinski definition) is 3. The Bertz CT molecular complexity index is 436. The maximum Gasteiger partial charge on any atom is 0.321 e. The van der Waals surface area contributed by atoms with Crippen molar-refractivity contribution in [2.45, 2.75) is 18.9 Å². The molecular formula is C12H14BrNO4. The van der Waals surface area contributed by atoms with E-state index in [0.717, 1.165) is 10.0 Å². The van der Waals surface area contributed by atoms with Crippen LogP contribution in [0.2, 0.25) is 0 Å². The van der Waals surface area contributed by atoms with Crippen molar-refractivity contribution in [2.75, 3.05) is 6.54 Å². The van der Waals surface area contributed by atoms with Crippen molar-refractivity contribution in [3.63, 3.8) is 0 Å². The summed E-state index contributed by atoms with van der Waals surface area (Å²) in [6.45, 7) is 0.417. The first-order valence-corrected chi connectivity index (χ1v) is 6.21. The first-order valence-electron chi connectivity index (χ1n) is 5.41. The van der Waals surface area contributed by atoms with Gasteiger partial charge in [-0.05, 0) is 30.7 Å². The molecule has 0 amide bonds. The van der Waals surface area contributed by atoms with Gasteiger partial charge in [-0.2, -0.15) is 0 Å². The highest BCUT2D eigenvalue weighted by atomic mass is 79.9. The van der Waals surface area contributed by atoms with Gasteiger partial charge in [-0.1, -0.05) is 28.1 Å². The summed E-state index contributed by atoms with van der Waals surface area (Å²) in [7, 11) is 0. The van der Waals surface area contributed by atoms with Crippen LogP contribution in [0.4, 0.5) is 0 Å². The van der Waals surface area contributed by atoms with E-state index < -0.39 is 24.4 Å². The van der Waals surface area contributed by atoms with Gasteiger partial charge in [0.2, 0.25) is 0 Å². The fourth-order valence-electron chi connectivity index (χ4n) is 1.50. The largest absolute Gasteiger partial charge is 0.481 e. The molecule has 0 aliphatic heterocycles. The second-order valence-electron chi connectivity index (χ2n) is 3.82. The van der Waals surface area contributed by atoms with Crippen LogP contribution in [0.5, 0.6) is 0 Å². The predicted octanol–water partition coefficient (Wildman–Crippen LogP) is 1.51. The van der Waals surface area contributed by atoms with E-state index in [9.17, 15) is 9.59 Å². The molecule has 0 aromatic heterocycles. The van der Waals surface area contributed by atoms with Gasteiger partial charge in [-0.15, -0.1) is 0 Å². The summed E-state index contributed by atoms with van der Waals surface area (Å²) < 4.78 is 0.959. The summed E-state index contributed by atoms with van der Waals surface area (Å²) in [5.74, 6) is -2.27. The van der Waals surface area contributed by atoms with Gasteiger partial charge in [0.1, 0.15) is 6.04 Å². The molecule has 1 rings (SSSR count). The van der Waals surface area contributed by atoms with E-state index in [1.165, 1.54) is 0 Å². The van der Waals surface area contributed by atoms with E-state index in [1.807, 2.05) is 24.3 Å². The van der Waals surface area contributed by atoms with Crippen molar-refractivity contribution in [2.24, 2.45) is 0 Å². The lowest BCUT2D eigenvalue weighted by atomic mass is 10.1. The van der Waals surface area contributed by atoms with Gasteiger partial charge in [0, 0.05) is 4.47 Å². The average molecular weight is 316 g/mol. The van der Waals surface area contributed by atoms with Crippen LogP contribution < -0.4 is 5.32 Å². The van der Waals surface area contributed by atoms with Gasteiger partial charge in [-0.25, -0.2) is 0 Å². The molecule has 0 aliphatic carbocycles. The standard InChI is InChI=1S/C12H14BrNO4/c13-9-3-1-2-8(6-9)4-5-14-10(12(17)18)7-11(15)16/h1-3,6,10,14H,4-5,7H2,(H,15,16)(H,17,18). The average Bonchev–Trinajstić information content (AvgIpc) is 2.27. The van der Waals surface area contributed by atoms with Crippen molar-refractivity contribution in [3.8, 4) is 0 Å². The molecule has 0 radical (unpaired) electrons. The second-order valence-corrected chi connectivity index (χ2v) is 4.74. The molecule has 5 nitrogen and oxygen atoms in total. The minimum atomic E-state index is -1.15. The van der Waals surface area contributed by atoms with E-state index in [0.29, 0.717) is 13.0 Å². The van der Waals surface area contributed by atoms with Crippen molar-refractivity contribution in [1.82, 2.24) is 5.32 Å². The molecule has 1 aromatic carbocycles. The first kappa shape index (κ1) is 14.7. The van der Waals surface area contributed by atoms with E-state index in [2.05, 4.69) is 21.2 Å². The number of rotatable bonds is 7. The Morgan fingerprint density at radius 3 is 2.61 bits per heavy atom. The van der Waals surface area contributed by atoms with Gasteiger partial charge in [0.15, 0.2) is 0 Å². The fourth-order valence-corrected chi connectivity index (χ4v) is 1.95. The number of benzene rings is 1. The second kappa shape index (κ2) is 7.13. The minimum Gasteiger partial charge on any atom is -0.481 e. The summed E-state index contributed by atoms with van der Waals surface area (Å²) in [4.78, 5) is 21.3. The highest BCUT2D eigenvalue weighted by Crippen LogP contribution is 2.11. The van der Waals surface area contributed by atoms with Gasteiger partial charge in [0.25, 0.3) is 0 Å². The number of nitrogens with one attached hydrogen (secondary N) is 1. The normalized spacial score (nSPS) is 12.1. The van der Waals surface area contributed by atoms with Gasteiger partial charge >= 0.3 is 11.9 Å². The number of hydrogen-bond acceptors (Lipinski definition) is 3. The molecule has 0 aliphatic rings. The van der Waals surface area contributed by atoms with E-state index in [-0.39, 0.29) is 0 Å². The van der Waals surface area contributed by atoms with E-state index in [4.69, 9.17) is 10.2 Å². The van der Waals surface area contributed by atoms with Crippen LogP contribution in [-0.2, 0) is 16.0 Å². The van der Waals surface area contributed by atoms with Crippen LogP contribution in [-0.4, -0.2) is 34.7 Å². The summed E-state index contributed by atoms with van der Waals surface area (Å²) in [5.41, 5.74) is 1.05. The zero-order valence-electron chi connectivity index (χ0n) is 9.60. The smallest absolute Gasteiger partial charge is 0.321 e. The monoisotopic (exact) mass is 315 g/mol. The Morgan fingerprint density at radius 1 is 1.33 bits per heavy atom. The minimum absolute atomic E-state index is 0.417. The molecule has 1 aromatic rings. The molecule has 6 heteroatoms. The van der Waals surface area contributed by atoms with Crippen molar-refractivity contribution >= 4 is 27.9 Å². The van der Waals surface area contributed by atoms with Crippen LogP contribution in [0, 0.1) is 0 Å². The molecule has 98 valence electrons. The zero-order chi connectivity index (χ0) is 13.5. The molecule has 0 spiro atoms. The highest BCUT2D eigenvalue weighted by Gasteiger charge is 2.19. The summed E-state index contributed by atoms with van der Waals surface area (Å²) in [6.07, 6.45) is 0.219. The third kappa shape index (κ3) is 5.29. The number of aliphatic carboxylic acids is 2. The zero-order valence-corrected chi connectivity index (χ0v) is 11.2. The molecule has 0 fully saturated rings. The van der Waals surface area contributed by atoms with E-state index >= 15 is 0 Å². The fraction of sp³-hybridized carbons (Fsp3) is 0.333. The Kier molecular flexibility index (Phi) is 5.80. The van der Waals surface area contributed by atoms with Gasteiger partial charge < -0.3 is 15.5 Å². The van der Waals surface area contributed by atoms with Gasteiger partial charge in [-0.3, -0.25) is 9.59 Å². The Morgan fingerprint density at radius 2 is 2.06 bits per heavy atom. The quantitative estimate of drug-likeness (QED) is 0.710. The third-order valence-corrected chi connectivity index (χ3v) is 2.86. The van der Waals surface area contributed by atoms with Crippen LogP contribution in [0.15, 0.2) is 28.7 Å². The molecule has 1 atom stereocenters. The summed E-state index contributed by atoms with van der Waals surface area (Å²) >= 11 is 3.35. The lowest BCUT2D eigenvalue weighted by molar-refractivity contribution is -0.145. The summed E-state index contributed by atoms with van der Waals surface area (Å²) in [5, 5.41) is 20.1. The topological polar surface area (TPSA) is 86.6 Å². The molecule has 18 heavy (non-hydrogen) atoms. The molecule has 0 saturated carbocycles. The number of carboxylic acids is 2. The molecule has 0 bridgehead atoms. The number of carboxylic acid groups (broad SMARTS) is 2. The van der Waals surface area contributed by atoms with Crippen molar-refractivity contribution < 1.29 is 19.8 Å². The van der Waals surface area contributed by atoms with Gasteiger partial charge in [0.05, 0.1) is 6.42 Å². The summed E-state index contributed by atoms with van der Waals surface area (Å²) in [6, 6.07) is 6.62. The SMILES string of the molecule is O=C(O)CC(NCCc1cccc(Br)c1)C(=O)O. The van der Waals surface area contributed by atoms with Crippen LogP contribution >= 0.6 is 15.9 Å². The molecular weight excluding hydrogens is 302 g/mol.